The molecule has 0 N–H and O–H groups in total. The summed E-state index contributed by atoms with van der Waals surface area (Å²) >= 11 is 0. The number of hydrogen-bond donors (Lipinski definition) is 0. The van der Waals surface area contributed by atoms with E-state index in [2.05, 4.69) is 6.58 Å². The van der Waals surface area contributed by atoms with Gasteiger partial charge < -0.3 is 4.74 Å². The van der Waals surface area contributed by atoms with Crippen LogP contribution in [0.4, 0.5) is 0 Å². The lowest BCUT2D eigenvalue weighted by molar-refractivity contribution is -0.143. The van der Waals surface area contributed by atoms with Gasteiger partial charge in [0.05, 0.1) is 6.10 Å². The van der Waals surface area contributed by atoms with Crippen LogP contribution in [0.25, 0.3) is 0 Å². The van der Waals surface area contributed by atoms with Crippen molar-refractivity contribution in [3.8, 4) is 0 Å². The van der Waals surface area contributed by atoms with E-state index in [1.165, 1.54) is 0 Å². The molecule has 0 heterocycles. The monoisotopic (exact) mass is 174 g/mol. The average molecular weight is 174 g/mol. The van der Waals surface area contributed by atoms with Gasteiger partial charge in [-0.3, -0.25) is 0 Å². The zero-order valence-electron chi connectivity index (χ0n) is 6.81. The molecule has 1 atom stereocenters. The van der Waals surface area contributed by atoms with Gasteiger partial charge in [0.1, 0.15) is 0 Å². The summed E-state index contributed by atoms with van der Waals surface area (Å²) in [5, 5.41) is 0. The fourth-order valence-electron chi connectivity index (χ4n) is 0.367. The molecule has 0 radical (unpaired) electrons. The summed E-state index contributed by atoms with van der Waals surface area (Å²) in [5.74, 6) is -0.297. The third kappa shape index (κ3) is 7.32. The molecule has 2 nitrogen and oxygen atoms in total. The van der Waals surface area contributed by atoms with Crippen molar-refractivity contribution in [1.29, 1.82) is 0 Å². The van der Waals surface area contributed by atoms with Gasteiger partial charge in [-0.15, -0.1) is 0 Å². The lowest BCUT2D eigenvalue weighted by Crippen LogP contribution is -2.13. The molecule has 12 heavy (non-hydrogen) atoms. The predicted molar refractivity (Wildman–Crippen MR) is 54.1 cm³/mol. The number of esters is 1. The third-order valence-corrected chi connectivity index (χ3v) is 1.23. The minimum absolute atomic E-state index is 0. The Hall–Kier alpha value is -0.790. The van der Waals surface area contributed by atoms with Gasteiger partial charge >= 0.3 is 5.97 Å². The van der Waals surface area contributed by atoms with E-state index in [-0.39, 0.29) is 26.9 Å². The lowest BCUT2D eigenvalue weighted by atomic mass is 10.3. The molecule has 0 spiro atoms. The topological polar surface area (TPSA) is 26.3 Å². The molecule has 0 aliphatic carbocycles. The molecule has 0 aliphatic rings. The Bertz CT molecular complexity index is 139. The van der Waals surface area contributed by atoms with E-state index in [0.717, 1.165) is 6.42 Å². The maximum atomic E-state index is 10.8. The zero-order valence-corrected chi connectivity index (χ0v) is 6.81. The van der Waals surface area contributed by atoms with Crippen LogP contribution in [0.1, 0.15) is 42.0 Å². The first-order valence-electron chi connectivity index (χ1n) is 3.44. The summed E-state index contributed by atoms with van der Waals surface area (Å²) < 4.78 is 4.92. The molecule has 2 heteroatoms. The Morgan fingerprint density at radius 1 is 1.50 bits per heavy atom. The van der Waals surface area contributed by atoms with Gasteiger partial charge in [0.25, 0.3) is 0 Å². The van der Waals surface area contributed by atoms with Gasteiger partial charge in [0.15, 0.2) is 0 Å². The molecule has 74 valence electrons. The predicted octanol–water partition coefficient (Wildman–Crippen LogP) is 3.18. The zero-order chi connectivity index (χ0) is 8.15. The molecule has 0 bridgehead atoms. The van der Waals surface area contributed by atoms with E-state index in [4.69, 9.17) is 4.74 Å². The molecule has 0 aromatic heterocycles. The number of carbonyl (C=O) groups excluding carboxylic acids is 1. The van der Waals surface area contributed by atoms with Crippen molar-refractivity contribution in [2.45, 2.75) is 48.1 Å². The second-order valence-electron chi connectivity index (χ2n) is 2.40. The van der Waals surface area contributed by atoms with E-state index in [9.17, 15) is 4.79 Å². The second-order valence-corrected chi connectivity index (χ2v) is 2.40. The summed E-state index contributed by atoms with van der Waals surface area (Å²) in [5.41, 5.74) is 0.459. The fourth-order valence-corrected chi connectivity index (χ4v) is 0.367. The number of ether oxygens (including phenoxy) is 1. The molecular formula is C10H22O2. The van der Waals surface area contributed by atoms with Gasteiger partial charge in [-0.05, 0) is 20.3 Å². The first kappa shape index (κ1) is 17.3. The highest BCUT2D eigenvalue weighted by molar-refractivity contribution is 5.87. The molecule has 0 rings (SSSR count). The summed E-state index contributed by atoms with van der Waals surface area (Å²) in [6, 6.07) is 0. The van der Waals surface area contributed by atoms with Crippen LogP contribution in [0, 0.1) is 0 Å². The Balaban J connectivity index is -0.000000405. The van der Waals surface area contributed by atoms with E-state index in [1.54, 1.807) is 6.92 Å². The summed E-state index contributed by atoms with van der Waals surface area (Å²) in [7, 11) is 0. The SMILES string of the molecule is C.C.C=C(C)C(=O)OC(C)CC. The Labute approximate surface area is 76.6 Å². The van der Waals surface area contributed by atoms with Crippen molar-refractivity contribution in [2.24, 2.45) is 0 Å². The van der Waals surface area contributed by atoms with E-state index in [0.29, 0.717) is 5.57 Å². The minimum Gasteiger partial charge on any atom is -0.459 e. The van der Waals surface area contributed by atoms with Crippen LogP contribution in [0.2, 0.25) is 0 Å². The van der Waals surface area contributed by atoms with Gasteiger partial charge in [-0.25, -0.2) is 4.79 Å². The van der Waals surface area contributed by atoms with Crippen LogP contribution in [0.15, 0.2) is 12.2 Å². The smallest absolute Gasteiger partial charge is 0.333 e. The van der Waals surface area contributed by atoms with Crippen molar-refractivity contribution in [1.82, 2.24) is 0 Å². The van der Waals surface area contributed by atoms with Crippen molar-refractivity contribution < 1.29 is 9.53 Å². The maximum absolute atomic E-state index is 10.8. The van der Waals surface area contributed by atoms with Gasteiger partial charge in [-0.2, -0.15) is 0 Å². The van der Waals surface area contributed by atoms with Crippen LogP contribution >= 0.6 is 0 Å². The van der Waals surface area contributed by atoms with E-state index in [1.807, 2.05) is 13.8 Å². The van der Waals surface area contributed by atoms with Gasteiger partial charge in [0, 0.05) is 5.57 Å². The number of hydrogen-bond acceptors (Lipinski definition) is 2. The molecule has 0 amide bonds. The first-order chi connectivity index (χ1) is 4.57. The standard InChI is InChI=1S/C8H14O2.2CH4/c1-5-7(4)10-8(9)6(2)3;;/h7H,2,5H2,1,3-4H3;2*1H4. The third-order valence-electron chi connectivity index (χ3n) is 1.23. The van der Waals surface area contributed by atoms with Crippen molar-refractivity contribution in [2.75, 3.05) is 0 Å². The van der Waals surface area contributed by atoms with E-state index < -0.39 is 0 Å². The molecule has 0 aromatic carbocycles. The highest BCUT2D eigenvalue weighted by Crippen LogP contribution is 2.00. The van der Waals surface area contributed by atoms with Crippen molar-refractivity contribution in [3.63, 3.8) is 0 Å². The summed E-state index contributed by atoms with van der Waals surface area (Å²) in [6.45, 7) is 8.94. The molecule has 1 unspecified atom stereocenters. The average Bonchev–Trinajstić information content (AvgIpc) is 1.87. The van der Waals surface area contributed by atoms with Gasteiger partial charge in [-0.1, -0.05) is 28.4 Å². The highest BCUT2D eigenvalue weighted by atomic mass is 16.5. The molecule has 0 aromatic rings. The van der Waals surface area contributed by atoms with Gasteiger partial charge in [0.2, 0.25) is 0 Å². The summed E-state index contributed by atoms with van der Waals surface area (Å²) in [4.78, 5) is 10.8. The number of carbonyl (C=O) groups is 1. The molecule has 0 saturated carbocycles. The Kier molecular flexibility index (Phi) is 12.0. The Morgan fingerprint density at radius 3 is 2.17 bits per heavy atom. The van der Waals surface area contributed by atoms with Crippen LogP contribution in [0.3, 0.4) is 0 Å². The Morgan fingerprint density at radius 2 is 1.92 bits per heavy atom. The normalized spacial score (nSPS) is 10.2. The minimum atomic E-state index is -0.297. The second kappa shape index (κ2) is 8.31. The lowest BCUT2D eigenvalue weighted by Gasteiger charge is -2.09. The number of rotatable bonds is 3. The quantitative estimate of drug-likeness (QED) is 0.485. The first-order valence-corrected chi connectivity index (χ1v) is 3.44. The van der Waals surface area contributed by atoms with Crippen molar-refractivity contribution >= 4 is 5.97 Å². The van der Waals surface area contributed by atoms with Crippen LogP contribution in [-0.2, 0) is 9.53 Å². The molecule has 0 saturated heterocycles. The summed E-state index contributed by atoms with van der Waals surface area (Å²) in [6.07, 6.45) is 0.850. The molecule has 0 aliphatic heterocycles. The van der Waals surface area contributed by atoms with Crippen LogP contribution in [-0.4, -0.2) is 12.1 Å². The molecule has 0 fully saturated rings. The van der Waals surface area contributed by atoms with Crippen LogP contribution < -0.4 is 0 Å². The highest BCUT2D eigenvalue weighted by Gasteiger charge is 2.06. The van der Waals surface area contributed by atoms with Crippen LogP contribution in [0.5, 0.6) is 0 Å². The largest absolute Gasteiger partial charge is 0.459 e. The molecular weight excluding hydrogens is 152 g/mol. The fraction of sp³-hybridized carbons (Fsp3) is 0.700. The van der Waals surface area contributed by atoms with E-state index >= 15 is 0 Å². The maximum Gasteiger partial charge on any atom is 0.333 e. The van der Waals surface area contributed by atoms with Crippen molar-refractivity contribution in [3.05, 3.63) is 12.2 Å².